The first-order chi connectivity index (χ1) is 15.8. The van der Waals surface area contributed by atoms with E-state index in [4.69, 9.17) is 4.74 Å². The lowest BCUT2D eigenvalue weighted by Crippen LogP contribution is -2.47. The van der Waals surface area contributed by atoms with Gasteiger partial charge in [0.05, 0.1) is 11.8 Å². The average Bonchev–Trinajstić information content (AvgIpc) is 3.59. The van der Waals surface area contributed by atoms with E-state index in [-0.39, 0.29) is 41.3 Å². The fourth-order valence-corrected chi connectivity index (χ4v) is 6.56. The first-order valence-electron chi connectivity index (χ1n) is 11.6. The molecule has 0 radical (unpaired) electrons. The molecule has 0 N–H and O–H groups in total. The van der Waals surface area contributed by atoms with Crippen molar-refractivity contribution in [3.05, 3.63) is 47.0 Å². The summed E-state index contributed by atoms with van der Waals surface area (Å²) in [6, 6.07) is 4.38. The predicted octanol–water partition coefficient (Wildman–Crippen LogP) is 3.20. The van der Waals surface area contributed by atoms with Crippen molar-refractivity contribution in [3.8, 4) is 0 Å². The molecular weight excluding hydrogens is 438 g/mol. The van der Waals surface area contributed by atoms with E-state index in [1.165, 1.54) is 4.90 Å². The first kappa shape index (κ1) is 22.4. The van der Waals surface area contributed by atoms with Crippen LogP contribution in [0.1, 0.15) is 34.3 Å². The lowest BCUT2D eigenvalue weighted by Gasteiger charge is -2.37. The van der Waals surface area contributed by atoms with Crippen molar-refractivity contribution in [1.82, 2.24) is 4.90 Å². The van der Waals surface area contributed by atoms with Crippen LogP contribution in [0, 0.1) is 49.4 Å². The third-order valence-corrected chi connectivity index (χ3v) is 8.69. The number of carbonyl (C=O) groups is 4. The van der Waals surface area contributed by atoms with Gasteiger partial charge in [-0.25, -0.2) is 4.79 Å². The van der Waals surface area contributed by atoms with Crippen LogP contribution in [-0.4, -0.2) is 53.1 Å². The number of benzene rings is 1. The molecular formula is C26H29NO5S. The van der Waals surface area contributed by atoms with Gasteiger partial charge in [-0.1, -0.05) is 24.3 Å². The SMILES string of the molecule is CSCC[C@@H](C(=O)OCC(=O)c1ccc(C)c(C)c1)N1C(=O)[C@@H]2[C@@H]3C=C[C@H]([C@H]4C[C@H]34)[C@@H]2C1=O. The largest absolute Gasteiger partial charge is 0.456 e. The molecule has 7 atom stereocenters. The van der Waals surface area contributed by atoms with Gasteiger partial charge < -0.3 is 4.74 Å². The second-order valence-electron chi connectivity index (χ2n) is 9.83. The zero-order valence-electron chi connectivity index (χ0n) is 19.2. The molecule has 1 aromatic rings. The van der Waals surface area contributed by atoms with Crippen molar-refractivity contribution in [2.75, 3.05) is 18.6 Å². The summed E-state index contributed by atoms with van der Waals surface area (Å²) in [5.74, 6) is -0.321. The molecule has 1 aromatic carbocycles. The zero-order valence-corrected chi connectivity index (χ0v) is 20.0. The Hall–Kier alpha value is -2.41. The highest BCUT2D eigenvalue weighted by Gasteiger charge is 2.68. The standard InChI is InChI=1S/C26H29NO5S/c1-13-4-5-15(10-14(13)2)21(28)12-32-26(31)20(8-9-33-3)27-24(29)22-16-6-7-17(19-11-18(16)19)23(22)25(27)30/h4-7,10,16-20,22-23H,8-9,11-12H2,1-3H3/t16-,17-,18-,19-,20+,22-,23+/m1/s1. The third-order valence-electron chi connectivity index (χ3n) is 8.05. The maximum absolute atomic E-state index is 13.4. The summed E-state index contributed by atoms with van der Waals surface area (Å²) in [4.78, 5) is 53.7. The molecule has 0 unspecified atom stereocenters. The topological polar surface area (TPSA) is 80.8 Å². The molecule has 0 spiro atoms. The monoisotopic (exact) mass is 467 g/mol. The van der Waals surface area contributed by atoms with Crippen LogP contribution < -0.4 is 0 Å². The molecule has 3 fully saturated rings. The van der Waals surface area contributed by atoms with Gasteiger partial charge in [-0.15, -0.1) is 0 Å². The minimum absolute atomic E-state index is 0.107. The van der Waals surface area contributed by atoms with Crippen molar-refractivity contribution >= 4 is 35.3 Å². The highest BCUT2D eigenvalue weighted by atomic mass is 32.2. The van der Waals surface area contributed by atoms with Crippen molar-refractivity contribution in [3.63, 3.8) is 0 Å². The summed E-state index contributed by atoms with van der Waals surface area (Å²) in [7, 11) is 0. The van der Waals surface area contributed by atoms with Crippen LogP contribution in [0.15, 0.2) is 30.4 Å². The van der Waals surface area contributed by atoms with Gasteiger partial charge in [0, 0.05) is 5.56 Å². The molecule has 7 heteroatoms. The number of carbonyl (C=O) groups excluding carboxylic acids is 4. The van der Waals surface area contributed by atoms with Crippen molar-refractivity contribution in [1.29, 1.82) is 0 Å². The Balaban J connectivity index is 1.31. The van der Waals surface area contributed by atoms with Crippen molar-refractivity contribution < 1.29 is 23.9 Å². The smallest absolute Gasteiger partial charge is 0.329 e. The number of esters is 1. The molecule has 1 aliphatic heterocycles. The Morgan fingerprint density at radius 3 is 2.27 bits per heavy atom. The number of hydrogen-bond acceptors (Lipinski definition) is 6. The average molecular weight is 468 g/mol. The minimum atomic E-state index is -0.980. The zero-order chi connectivity index (χ0) is 23.4. The van der Waals surface area contributed by atoms with Gasteiger partial charge >= 0.3 is 5.97 Å². The third kappa shape index (κ3) is 3.65. The Labute approximate surface area is 198 Å². The number of Topliss-reactive ketones (excluding diaryl/α,β-unsaturated/α-hetero) is 1. The van der Waals surface area contributed by atoms with E-state index in [1.807, 2.05) is 26.2 Å². The van der Waals surface area contributed by atoms with Crippen LogP contribution in [0.3, 0.4) is 0 Å². The second-order valence-corrected chi connectivity index (χ2v) is 10.8. The normalized spacial score (nSPS) is 31.9. The van der Waals surface area contributed by atoms with Crippen LogP contribution in [-0.2, 0) is 19.1 Å². The summed E-state index contributed by atoms with van der Waals surface area (Å²) in [5.41, 5.74) is 2.55. The number of rotatable bonds is 8. The summed E-state index contributed by atoms with van der Waals surface area (Å²) >= 11 is 1.54. The molecule has 2 amide bonds. The lowest BCUT2D eigenvalue weighted by atomic mass is 9.63. The fraction of sp³-hybridized carbons (Fsp3) is 0.538. The Morgan fingerprint density at radius 2 is 1.70 bits per heavy atom. The number of ketones is 1. The van der Waals surface area contributed by atoms with Crippen LogP contribution in [0.4, 0.5) is 0 Å². The summed E-state index contributed by atoms with van der Waals surface area (Å²) < 4.78 is 5.39. The molecule has 33 heavy (non-hydrogen) atoms. The number of imide groups is 1. The molecule has 0 aromatic heterocycles. The number of amides is 2. The number of allylic oxidation sites excluding steroid dienone is 2. The molecule has 6 rings (SSSR count). The van der Waals surface area contributed by atoms with E-state index >= 15 is 0 Å². The Kier molecular flexibility index (Phi) is 5.71. The van der Waals surface area contributed by atoms with Gasteiger partial charge in [-0.05, 0) is 79.6 Å². The Morgan fingerprint density at radius 1 is 1.06 bits per heavy atom. The predicted molar refractivity (Wildman–Crippen MR) is 125 cm³/mol. The molecule has 5 aliphatic rings. The quantitative estimate of drug-likeness (QED) is 0.253. The first-order valence-corrected chi connectivity index (χ1v) is 13.0. The highest BCUT2D eigenvalue weighted by Crippen LogP contribution is 2.65. The van der Waals surface area contributed by atoms with Gasteiger partial charge in [-0.3, -0.25) is 19.3 Å². The molecule has 4 aliphatic carbocycles. The Bertz CT molecular complexity index is 1030. The van der Waals surface area contributed by atoms with Crippen LogP contribution in [0.2, 0.25) is 0 Å². The van der Waals surface area contributed by atoms with E-state index in [2.05, 4.69) is 12.2 Å². The van der Waals surface area contributed by atoms with E-state index in [1.54, 1.807) is 23.9 Å². The van der Waals surface area contributed by atoms with Crippen molar-refractivity contribution in [2.24, 2.45) is 35.5 Å². The lowest BCUT2D eigenvalue weighted by molar-refractivity contribution is -0.158. The number of ether oxygens (including phenoxy) is 1. The van der Waals surface area contributed by atoms with Gasteiger partial charge in [0.25, 0.3) is 0 Å². The van der Waals surface area contributed by atoms with E-state index in [9.17, 15) is 19.2 Å². The second kappa shape index (κ2) is 8.42. The van der Waals surface area contributed by atoms with E-state index < -0.39 is 18.6 Å². The number of nitrogens with zero attached hydrogens (tertiary/aromatic N) is 1. The molecule has 1 heterocycles. The van der Waals surface area contributed by atoms with E-state index in [0.717, 1.165) is 17.5 Å². The molecule has 174 valence electrons. The molecule has 2 bridgehead atoms. The summed E-state index contributed by atoms with van der Waals surface area (Å²) in [6.07, 6.45) is 7.56. The minimum Gasteiger partial charge on any atom is -0.456 e. The van der Waals surface area contributed by atoms with Crippen molar-refractivity contribution in [2.45, 2.75) is 32.7 Å². The van der Waals surface area contributed by atoms with Gasteiger partial charge in [0.1, 0.15) is 6.04 Å². The van der Waals surface area contributed by atoms with Gasteiger partial charge in [0.15, 0.2) is 12.4 Å². The molecule has 2 saturated carbocycles. The fourth-order valence-electron chi connectivity index (χ4n) is 6.10. The summed E-state index contributed by atoms with van der Waals surface area (Å²) in [6.45, 7) is 3.48. The van der Waals surface area contributed by atoms with Crippen LogP contribution in [0.5, 0.6) is 0 Å². The molecule has 6 nitrogen and oxygen atoms in total. The number of thioether (sulfide) groups is 1. The van der Waals surface area contributed by atoms with Crippen LogP contribution in [0.25, 0.3) is 0 Å². The van der Waals surface area contributed by atoms with Crippen LogP contribution >= 0.6 is 11.8 Å². The highest BCUT2D eigenvalue weighted by molar-refractivity contribution is 7.98. The van der Waals surface area contributed by atoms with E-state index in [0.29, 0.717) is 29.6 Å². The maximum Gasteiger partial charge on any atom is 0.329 e. The summed E-state index contributed by atoms with van der Waals surface area (Å²) in [5, 5.41) is 0. The number of hydrogen-bond donors (Lipinski definition) is 0. The van der Waals surface area contributed by atoms with Gasteiger partial charge in [0.2, 0.25) is 11.8 Å². The number of aryl methyl sites for hydroxylation is 2. The maximum atomic E-state index is 13.4. The molecule has 1 saturated heterocycles. The van der Waals surface area contributed by atoms with Gasteiger partial charge in [-0.2, -0.15) is 11.8 Å². The number of likely N-dealkylation sites (tertiary alicyclic amines) is 1.